The van der Waals surface area contributed by atoms with Crippen LogP contribution >= 0.6 is 0 Å². The van der Waals surface area contributed by atoms with Gasteiger partial charge in [0.15, 0.2) is 0 Å². The minimum Gasteiger partial charge on any atom is -0.456 e. The normalized spacial score (nSPS) is 14.5. The quantitative estimate of drug-likeness (QED) is 0.742. The zero-order chi connectivity index (χ0) is 10.6. The van der Waals surface area contributed by atoms with Crippen molar-refractivity contribution >= 4 is 5.97 Å². The summed E-state index contributed by atoms with van der Waals surface area (Å²) in [6, 6.07) is 9.30. The Morgan fingerprint density at radius 1 is 1.36 bits per heavy atom. The van der Waals surface area contributed by atoms with Gasteiger partial charge in [-0.25, -0.2) is 0 Å². The fraction of sp³-hybridized carbons (Fsp3) is 0.364. The lowest BCUT2D eigenvalue weighted by molar-refractivity contribution is -0.147. The maximum atomic E-state index is 10.9. The first-order valence-corrected chi connectivity index (χ1v) is 4.59. The van der Waals surface area contributed by atoms with E-state index < -0.39 is 0 Å². The topological polar surface area (TPSA) is 52.3 Å². The Morgan fingerprint density at radius 2 is 1.93 bits per heavy atom. The van der Waals surface area contributed by atoms with Crippen LogP contribution in [0.5, 0.6) is 0 Å². The standard InChI is InChI=1S/C11H15NO2/c1-8(12)11(14-9(2)13)10-6-4-3-5-7-10/h3-8,11H,12H2,1-2H3/t8?,11-/m1/s1. The minimum absolute atomic E-state index is 0.207. The molecule has 1 aromatic rings. The predicted molar refractivity (Wildman–Crippen MR) is 54.6 cm³/mol. The maximum absolute atomic E-state index is 10.9. The van der Waals surface area contributed by atoms with Crippen LogP contribution in [0.1, 0.15) is 25.5 Å². The highest BCUT2D eigenvalue weighted by atomic mass is 16.5. The highest BCUT2D eigenvalue weighted by molar-refractivity contribution is 5.66. The third-order valence-corrected chi connectivity index (χ3v) is 1.90. The van der Waals surface area contributed by atoms with Crippen molar-refractivity contribution in [1.82, 2.24) is 0 Å². The van der Waals surface area contributed by atoms with Crippen molar-refractivity contribution in [3.63, 3.8) is 0 Å². The zero-order valence-electron chi connectivity index (χ0n) is 8.44. The number of hydrogen-bond acceptors (Lipinski definition) is 3. The van der Waals surface area contributed by atoms with Crippen LogP contribution in [0.3, 0.4) is 0 Å². The molecule has 0 amide bonds. The molecule has 2 N–H and O–H groups in total. The number of carbonyl (C=O) groups is 1. The lowest BCUT2D eigenvalue weighted by Crippen LogP contribution is -2.28. The van der Waals surface area contributed by atoms with Crippen molar-refractivity contribution in [2.24, 2.45) is 5.73 Å². The van der Waals surface area contributed by atoms with Crippen LogP contribution in [0.25, 0.3) is 0 Å². The first-order chi connectivity index (χ1) is 6.61. The van der Waals surface area contributed by atoms with Gasteiger partial charge in [-0.3, -0.25) is 4.79 Å². The first-order valence-electron chi connectivity index (χ1n) is 4.59. The second-order valence-electron chi connectivity index (χ2n) is 3.30. The summed E-state index contributed by atoms with van der Waals surface area (Å²) in [4.78, 5) is 10.9. The molecule has 3 nitrogen and oxygen atoms in total. The Bertz CT molecular complexity index is 295. The van der Waals surface area contributed by atoms with Crippen LogP contribution < -0.4 is 5.73 Å². The van der Waals surface area contributed by atoms with Gasteiger partial charge >= 0.3 is 5.97 Å². The van der Waals surface area contributed by atoms with E-state index >= 15 is 0 Å². The van der Waals surface area contributed by atoms with Gasteiger partial charge in [0.2, 0.25) is 0 Å². The van der Waals surface area contributed by atoms with E-state index in [0.717, 1.165) is 5.56 Å². The van der Waals surface area contributed by atoms with Gasteiger partial charge in [0, 0.05) is 13.0 Å². The summed E-state index contributed by atoms with van der Waals surface area (Å²) < 4.78 is 5.13. The summed E-state index contributed by atoms with van der Waals surface area (Å²) in [6.07, 6.45) is -0.353. The Balaban J connectivity index is 2.83. The predicted octanol–water partition coefficient (Wildman–Crippen LogP) is 1.64. The molecule has 0 heterocycles. The molecule has 0 aliphatic carbocycles. The van der Waals surface area contributed by atoms with Crippen molar-refractivity contribution < 1.29 is 9.53 Å². The number of carbonyl (C=O) groups excluding carboxylic acids is 1. The van der Waals surface area contributed by atoms with Crippen molar-refractivity contribution in [2.75, 3.05) is 0 Å². The minimum atomic E-state index is -0.353. The van der Waals surface area contributed by atoms with Crippen LogP contribution in [0.15, 0.2) is 30.3 Å². The molecular formula is C11H15NO2. The molecule has 2 atom stereocenters. The van der Waals surface area contributed by atoms with Crippen molar-refractivity contribution in [3.05, 3.63) is 35.9 Å². The molecule has 0 aliphatic rings. The number of ether oxygens (including phenoxy) is 1. The van der Waals surface area contributed by atoms with Gasteiger partial charge in [-0.2, -0.15) is 0 Å². The lowest BCUT2D eigenvalue weighted by atomic mass is 10.0. The molecule has 0 saturated heterocycles. The molecule has 0 bridgehead atoms. The van der Waals surface area contributed by atoms with Gasteiger partial charge in [-0.05, 0) is 12.5 Å². The van der Waals surface area contributed by atoms with E-state index in [1.54, 1.807) is 0 Å². The Kier molecular flexibility index (Phi) is 3.65. The van der Waals surface area contributed by atoms with E-state index in [9.17, 15) is 4.79 Å². The molecule has 0 radical (unpaired) electrons. The fourth-order valence-corrected chi connectivity index (χ4v) is 1.30. The van der Waals surface area contributed by atoms with E-state index in [4.69, 9.17) is 10.5 Å². The largest absolute Gasteiger partial charge is 0.456 e. The molecule has 0 aromatic heterocycles. The van der Waals surface area contributed by atoms with Gasteiger partial charge in [0.05, 0.1) is 0 Å². The van der Waals surface area contributed by atoms with E-state index in [-0.39, 0.29) is 18.1 Å². The SMILES string of the molecule is CC(=O)O[C@@H](c1ccccc1)C(C)N. The molecule has 14 heavy (non-hydrogen) atoms. The third-order valence-electron chi connectivity index (χ3n) is 1.90. The molecule has 0 saturated carbocycles. The summed E-state index contributed by atoms with van der Waals surface area (Å²) in [5.41, 5.74) is 6.67. The second-order valence-corrected chi connectivity index (χ2v) is 3.30. The summed E-state index contributed by atoms with van der Waals surface area (Å²) in [6.45, 7) is 3.21. The zero-order valence-corrected chi connectivity index (χ0v) is 8.44. The van der Waals surface area contributed by atoms with E-state index in [1.165, 1.54) is 6.92 Å². The number of benzene rings is 1. The average Bonchev–Trinajstić information content (AvgIpc) is 2.15. The smallest absolute Gasteiger partial charge is 0.303 e. The number of hydrogen-bond donors (Lipinski definition) is 1. The van der Waals surface area contributed by atoms with E-state index in [1.807, 2.05) is 37.3 Å². The highest BCUT2D eigenvalue weighted by Crippen LogP contribution is 2.19. The molecule has 1 unspecified atom stereocenters. The van der Waals surface area contributed by atoms with Crippen molar-refractivity contribution in [1.29, 1.82) is 0 Å². The van der Waals surface area contributed by atoms with Crippen LogP contribution in [-0.2, 0) is 9.53 Å². The van der Waals surface area contributed by atoms with Gasteiger partial charge < -0.3 is 10.5 Å². The summed E-state index contributed by atoms with van der Waals surface area (Å²) in [5, 5.41) is 0. The van der Waals surface area contributed by atoms with Crippen LogP contribution in [0, 0.1) is 0 Å². The van der Waals surface area contributed by atoms with Crippen molar-refractivity contribution in [2.45, 2.75) is 26.0 Å². The average molecular weight is 193 g/mol. The second kappa shape index (κ2) is 4.77. The lowest BCUT2D eigenvalue weighted by Gasteiger charge is -2.20. The molecule has 1 aromatic carbocycles. The van der Waals surface area contributed by atoms with Gasteiger partial charge in [-0.15, -0.1) is 0 Å². The molecule has 1 rings (SSSR count). The Hall–Kier alpha value is -1.35. The van der Waals surface area contributed by atoms with Crippen LogP contribution in [-0.4, -0.2) is 12.0 Å². The number of esters is 1. The Morgan fingerprint density at radius 3 is 2.36 bits per heavy atom. The van der Waals surface area contributed by atoms with E-state index in [0.29, 0.717) is 0 Å². The highest BCUT2D eigenvalue weighted by Gasteiger charge is 2.18. The molecule has 0 aliphatic heterocycles. The summed E-state index contributed by atoms with van der Waals surface area (Å²) in [5.74, 6) is -0.309. The molecule has 0 fully saturated rings. The van der Waals surface area contributed by atoms with Crippen molar-refractivity contribution in [3.8, 4) is 0 Å². The first kappa shape index (κ1) is 10.7. The summed E-state index contributed by atoms with van der Waals surface area (Å²) in [7, 11) is 0. The summed E-state index contributed by atoms with van der Waals surface area (Å²) >= 11 is 0. The molecule has 0 spiro atoms. The molecular weight excluding hydrogens is 178 g/mol. The van der Waals surface area contributed by atoms with Crippen LogP contribution in [0.2, 0.25) is 0 Å². The maximum Gasteiger partial charge on any atom is 0.303 e. The van der Waals surface area contributed by atoms with E-state index in [2.05, 4.69) is 0 Å². The number of rotatable bonds is 3. The Labute approximate surface area is 83.9 Å². The molecule has 76 valence electrons. The van der Waals surface area contributed by atoms with Gasteiger partial charge in [-0.1, -0.05) is 30.3 Å². The van der Waals surface area contributed by atoms with Gasteiger partial charge in [0.1, 0.15) is 6.10 Å². The number of nitrogens with two attached hydrogens (primary N) is 1. The third kappa shape index (κ3) is 2.85. The van der Waals surface area contributed by atoms with Crippen LogP contribution in [0.4, 0.5) is 0 Å². The van der Waals surface area contributed by atoms with Gasteiger partial charge in [0.25, 0.3) is 0 Å². The monoisotopic (exact) mass is 193 g/mol. The molecule has 3 heteroatoms. The fourth-order valence-electron chi connectivity index (χ4n) is 1.30.